The molecular weight excluding hydrogens is 230 g/mol. The van der Waals surface area contributed by atoms with Gasteiger partial charge in [-0.05, 0) is 37.9 Å². The van der Waals surface area contributed by atoms with E-state index in [1.165, 1.54) is 19.3 Å². The first-order valence-corrected chi connectivity index (χ1v) is 6.39. The number of benzene rings is 1. The molecule has 0 aliphatic carbocycles. The molecule has 1 aliphatic rings. The fraction of sp³-hybridized carbons (Fsp3) is 0.538. The van der Waals surface area contributed by atoms with Gasteiger partial charge >= 0.3 is 0 Å². The third kappa shape index (κ3) is 3.20. The van der Waals surface area contributed by atoms with Gasteiger partial charge in [0.15, 0.2) is 0 Å². The molecule has 2 rings (SSSR count). The largest absolute Gasteiger partial charge is 0.383 e. The van der Waals surface area contributed by atoms with Crippen molar-refractivity contribution in [1.29, 1.82) is 0 Å². The van der Waals surface area contributed by atoms with E-state index in [1.54, 1.807) is 18.2 Å². The highest BCUT2D eigenvalue weighted by atomic mass is 16.6. The van der Waals surface area contributed by atoms with Crippen LogP contribution in [-0.4, -0.2) is 24.1 Å². The molecule has 1 aromatic rings. The van der Waals surface area contributed by atoms with Crippen molar-refractivity contribution in [2.45, 2.75) is 32.2 Å². The van der Waals surface area contributed by atoms with Crippen LogP contribution in [0.3, 0.4) is 0 Å². The van der Waals surface area contributed by atoms with Gasteiger partial charge in [0.25, 0.3) is 5.69 Å². The summed E-state index contributed by atoms with van der Waals surface area (Å²) in [5, 5.41) is 17.5. The summed E-state index contributed by atoms with van der Waals surface area (Å²) in [6.07, 6.45) is 3.73. The lowest BCUT2D eigenvalue weighted by molar-refractivity contribution is -0.384. The molecule has 2 N–H and O–H groups in total. The van der Waals surface area contributed by atoms with Crippen LogP contribution >= 0.6 is 0 Å². The molecule has 1 aliphatic heterocycles. The van der Waals surface area contributed by atoms with E-state index >= 15 is 0 Å². The third-order valence-electron chi connectivity index (χ3n) is 3.37. The molecule has 0 radical (unpaired) electrons. The topological polar surface area (TPSA) is 67.2 Å². The van der Waals surface area contributed by atoms with Crippen LogP contribution in [-0.2, 0) is 0 Å². The smallest absolute Gasteiger partial charge is 0.269 e. The Morgan fingerprint density at radius 1 is 1.50 bits per heavy atom. The Morgan fingerprint density at radius 3 is 2.94 bits per heavy atom. The van der Waals surface area contributed by atoms with Gasteiger partial charge in [-0.25, -0.2) is 0 Å². The van der Waals surface area contributed by atoms with E-state index in [0.29, 0.717) is 6.04 Å². The second-order valence-electron chi connectivity index (χ2n) is 4.78. The highest BCUT2D eigenvalue weighted by Gasteiger charge is 2.13. The first-order chi connectivity index (χ1) is 8.66. The van der Waals surface area contributed by atoms with Gasteiger partial charge < -0.3 is 10.6 Å². The van der Waals surface area contributed by atoms with Crippen LogP contribution < -0.4 is 10.6 Å². The molecule has 0 bridgehead atoms. The number of nitrogens with one attached hydrogen (secondary N) is 2. The lowest BCUT2D eigenvalue weighted by atomic mass is 10.0. The molecule has 98 valence electrons. The minimum atomic E-state index is -0.362. The number of anilines is 1. The van der Waals surface area contributed by atoms with Crippen LogP contribution in [0.15, 0.2) is 18.2 Å². The molecule has 0 amide bonds. The summed E-state index contributed by atoms with van der Waals surface area (Å²) in [5.41, 5.74) is 2.04. The van der Waals surface area contributed by atoms with E-state index in [0.717, 1.165) is 24.3 Å². The van der Waals surface area contributed by atoms with Crippen molar-refractivity contribution >= 4 is 11.4 Å². The van der Waals surface area contributed by atoms with E-state index < -0.39 is 0 Å². The first kappa shape index (κ1) is 12.8. The number of nitro groups is 1. The van der Waals surface area contributed by atoms with Gasteiger partial charge in [-0.1, -0.05) is 6.42 Å². The Hall–Kier alpha value is -1.62. The maximum Gasteiger partial charge on any atom is 0.269 e. The maximum atomic E-state index is 10.6. The van der Waals surface area contributed by atoms with Crippen molar-refractivity contribution < 1.29 is 4.92 Å². The van der Waals surface area contributed by atoms with Crippen LogP contribution in [0.5, 0.6) is 0 Å². The second kappa shape index (κ2) is 5.82. The summed E-state index contributed by atoms with van der Waals surface area (Å²) in [6, 6.07) is 5.45. The van der Waals surface area contributed by atoms with E-state index in [-0.39, 0.29) is 10.6 Å². The average Bonchev–Trinajstić information content (AvgIpc) is 2.38. The minimum absolute atomic E-state index is 0.147. The predicted octanol–water partition coefficient (Wildman–Crippen LogP) is 2.46. The Morgan fingerprint density at radius 2 is 2.33 bits per heavy atom. The molecule has 1 aromatic carbocycles. The zero-order chi connectivity index (χ0) is 13.0. The van der Waals surface area contributed by atoms with Crippen molar-refractivity contribution in [3.63, 3.8) is 0 Å². The number of hydrogen-bond acceptors (Lipinski definition) is 4. The molecule has 1 heterocycles. The van der Waals surface area contributed by atoms with Crippen LogP contribution in [0.1, 0.15) is 24.8 Å². The Kier molecular flexibility index (Phi) is 4.15. The molecule has 5 heteroatoms. The average molecular weight is 249 g/mol. The molecule has 1 saturated heterocycles. The number of aryl methyl sites for hydroxylation is 1. The number of hydrogen-bond donors (Lipinski definition) is 2. The second-order valence-corrected chi connectivity index (χ2v) is 4.78. The Bertz CT molecular complexity index is 428. The lowest BCUT2D eigenvalue weighted by Crippen LogP contribution is -2.39. The molecule has 0 saturated carbocycles. The molecule has 0 aromatic heterocycles. The number of non-ortho nitro benzene ring substituents is 1. The van der Waals surface area contributed by atoms with Gasteiger partial charge in [-0.2, -0.15) is 0 Å². The van der Waals surface area contributed by atoms with E-state index in [2.05, 4.69) is 10.6 Å². The minimum Gasteiger partial charge on any atom is -0.383 e. The van der Waals surface area contributed by atoms with Gasteiger partial charge in [-0.3, -0.25) is 10.1 Å². The molecule has 5 nitrogen and oxygen atoms in total. The SMILES string of the molecule is Cc1cc([N+](=O)[O-])ccc1NCC1CCCCN1. The van der Waals surface area contributed by atoms with Crippen LogP contribution in [0.2, 0.25) is 0 Å². The van der Waals surface area contributed by atoms with E-state index in [9.17, 15) is 10.1 Å². The predicted molar refractivity (Wildman–Crippen MR) is 72.0 cm³/mol. The normalized spacial score (nSPS) is 19.5. The summed E-state index contributed by atoms with van der Waals surface area (Å²) in [7, 11) is 0. The molecule has 0 spiro atoms. The van der Waals surface area contributed by atoms with E-state index in [4.69, 9.17) is 0 Å². The standard InChI is InChI=1S/C13H19N3O2/c1-10-8-12(16(17)18)5-6-13(10)15-9-11-4-2-3-7-14-11/h5-6,8,11,14-15H,2-4,7,9H2,1H3. The third-order valence-corrected chi connectivity index (χ3v) is 3.37. The Labute approximate surface area is 107 Å². The van der Waals surface area contributed by atoms with Crippen molar-refractivity contribution in [3.8, 4) is 0 Å². The molecule has 1 fully saturated rings. The first-order valence-electron chi connectivity index (χ1n) is 6.39. The summed E-state index contributed by atoms with van der Waals surface area (Å²) < 4.78 is 0. The fourth-order valence-electron chi connectivity index (χ4n) is 2.29. The maximum absolute atomic E-state index is 10.6. The van der Waals surface area contributed by atoms with Gasteiger partial charge in [0.05, 0.1) is 4.92 Å². The van der Waals surface area contributed by atoms with Crippen LogP contribution in [0.25, 0.3) is 0 Å². The van der Waals surface area contributed by atoms with E-state index in [1.807, 2.05) is 6.92 Å². The quantitative estimate of drug-likeness (QED) is 0.635. The zero-order valence-electron chi connectivity index (χ0n) is 10.6. The summed E-state index contributed by atoms with van der Waals surface area (Å²) >= 11 is 0. The summed E-state index contributed by atoms with van der Waals surface area (Å²) in [6.45, 7) is 3.86. The van der Waals surface area contributed by atoms with Crippen LogP contribution in [0.4, 0.5) is 11.4 Å². The Balaban J connectivity index is 1.94. The molecular formula is C13H19N3O2. The highest BCUT2D eigenvalue weighted by molar-refractivity contribution is 5.55. The van der Waals surface area contributed by atoms with Gasteiger partial charge in [0.2, 0.25) is 0 Å². The van der Waals surface area contributed by atoms with Gasteiger partial charge in [0.1, 0.15) is 0 Å². The zero-order valence-corrected chi connectivity index (χ0v) is 10.6. The van der Waals surface area contributed by atoms with Crippen molar-refractivity contribution in [3.05, 3.63) is 33.9 Å². The lowest BCUT2D eigenvalue weighted by Gasteiger charge is -2.24. The summed E-state index contributed by atoms with van der Waals surface area (Å²) in [4.78, 5) is 10.3. The summed E-state index contributed by atoms with van der Waals surface area (Å²) in [5.74, 6) is 0. The molecule has 1 unspecified atom stereocenters. The van der Waals surface area contributed by atoms with Gasteiger partial charge in [0, 0.05) is 30.4 Å². The monoisotopic (exact) mass is 249 g/mol. The van der Waals surface area contributed by atoms with Crippen molar-refractivity contribution in [1.82, 2.24) is 5.32 Å². The van der Waals surface area contributed by atoms with Gasteiger partial charge in [-0.15, -0.1) is 0 Å². The number of piperidine rings is 1. The van der Waals surface area contributed by atoms with Crippen LogP contribution in [0, 0.1) is 17.0 Å². The number of rotatable bonds is 4. The number of nitro benzene ring substituents is 1. The van der Waals surface area contributed by atoms with Crippen molar-refractivity contribution in [2.24, 2.45) is 0 Å². The highest BCUT2D eigenvalue weighted by Crippen LogP contribution is 2.21. The molecule has 1 atom stereocenters. The fourth-order valence-corrected chi connectivity index (χ4v) is 2.29. The van der Waals surface area contributed by atoms with Crippen molar-refractivity contribution in [2.75, 3.05) is 18.4 Å². The molecule has 18 heavy (non-hydrogen) atoms. The number of nitrogens with zero attached hydrogens (tertiary/aromatic N) is 1.